The van der Waals surface area contributed by atoms with E-state index in [1.54, 1.807) is 11.7 Å². The summed E-state index contributed by atoms with van der Waals surface area (Å²) in [5, 5.41) is 13.2. The fourth-order valence-electron chi connectivity index (χ4n) is 1.24. The van der Waals surface area contributed by atoms with Crippen molar-refractivity contribution < 1.29 is 14.1 Å². The molecular formula is C10H15BrN2O3S. The highest BCUT2D eigenvalue weighted by Gasteiger charge is 2.35. The zero-order valence-electron chi connectivity index (χ0n) is 10.2. The minimum Gasteiger partial charge on any atom is -0.480 e. The quantitative estimate of drug-likeness (QED) is 0.914. The van der Waals surface area contributed by atoms with E-state index in [0.29, 0.717) is 0 Å². The molecule has 0 aliphatic rings. The summed E-state index contributed by atoms with van der Waals surface area (Å²) in [6.45, 7) is 4.75. The lowest BCUT2D eigenvalue weighted by Gasteiger charge is -2.18. The molecule has 0 fully saturated rings. The normalized spacial score (nSPS) is 13.7. The van der Waals surface area contributed by atoms with Crippen LogP contribution in [0.4, 0.5) is 0 Å². The minimum absolute atomic E-state index is 0.164. The number of rotatable bonds is 4. The fourth-order valence-corrected chi connectivity index (χ4v) is 3.04. The Hall–Kier alpha value is -0.690. The maximum atomic E-state index is 12.1. The van der Waals surface area contributed by atoms with Gasteiger partial charge < -0.3 is 5.11 Å². The van der Waals surface area contributed by atoms with Gasteiger partial charge >= 0.3 is 5.97 Å². The van der Waals surface area contributed by atoms with E-state index >= 15 is 0 Å². The van der Waals surface area contributed by atoms with Gasteiger partial charge in [0, 0.05) is 17.8 Å². The Morgan fingerprint density at radius 2 is 2.12 bits per heavy atom. The molecular weight excluding hydrogens is 308 g/mol. The van der Waals surface area contributed by atoms with E-state index in [2.05, 4.69) is 21.0 Å². The molecule has 17 heavy (non-hydrogen) atoms. The van der Waals surface area contributed by atoms with Crippen molar-refractivity contribution in [3.63, 3.8) is 0 Å². The van der Waals surface area contributed by atoms with E-state index in [4.69, 9.17) is 5.11 Å². The average molecular weight is 323 g/mol. The van der Waals surface area contributed by atoms with Gasteiger partial charge in [-0.25, -0.2) is 0 Å². The maximum absolute atomic E-state index is 12.1. The fraction of sp³-hybridized carbons (Fsp3) is 0.600. The molecule has 1 atom stereocenters. The van der Waals surface area contributed by atoms with Crippen LogP contribution in [0.25, 0.3) is 0 Å². The van der Waals surface area contributed by atoms with Crippen LogP contribution in [0.2, 0.25) is 0 Å². The first-order chi connectivity index (χ1) is 7.67. The molecule has 0 radical (unpaired) electrons. The zero-order chi connectivity index (χ0) is 13.4. The lowest BCUT2D eigenvalue weighted by Crippen LogP contribution is -2.37. The molecule has 96 valence electrons. The van der Waals surface area contributed by atoms with Crippen LogP contribution >= 0.6 is 15.9 Å². The summed E-state index contributed by atoms with van der Waals surface area (Å²) in [6.07, 6.45) is 0. The lowest BCUT2D eigenvalue weighted by molar-refractivity contribution is -0.139. The third-order valence-corrected chi connectivity index (χ3v) is 5.49. The standard InChI is InChI=1S/C10H15BrN2O3S/c1-6-8(11)7(13(4)12-6)5-17(16)10(2,3)9(14)15/h5H2,1-4H3,(H,14,15). The first-order valence-corrected chi connectivity index (χ1v) is 7.09. The number of hydrogen-bond acceptors (Lipinski definition) is 3. The highest BCUT2D eigenvalue weighted by Crippen LogP contribution is 2.25. The predicted octanol–water partition coefficient (Wildman–Crippen LogP) is 1.60. The number of nitrogens with zero attached hydrogens (tertiary/aromatic N) is 2. The van der Waals surface area contributed by atoms with E-state index in [9.17, 15) is 9.00 Å². The van der Waals surface area contributed by atoms with Crippen LogP contribution in [0.15, 0.2) is 4.47 Å². The number of carbonyl (C=O) groups is 1. The van der Waals surface area contributed by atoms with Crippen LogP contribution in [-0.4, -0.2) is 29.8 Å². The Bertz CT molecular complexity index is 482. The smallest absolute Gasteiger partial charge is 0.321 e. The van der Waals surface area contributed by atoms with Gasteiger partial charge in [0.25, 0.3) is 0 Å². The van der Waals surface area contributed by atoms with Gasteiger partial charge in [0.2, 0.25) is 0 Å². The van der Waals surface area contributed by atoms with Crippen LogP contribution in [0.1, 0.15) is 25.2 Å². The first-order valence-electron chi connectivity index (χ1n) is 4.97. The predicted molar refractivity (Wildman–Crippen MR) is 69.2 cm³/mol. The van der Waals surface area contributed by atoms with Crippen LogP contribution < -0.4 is 0 Å². The van der Waals surface area contributed by atoms with E-state index in [1.165, 1.54) is 13.8 Å². The van der Waals surface area contributed by atoms with Crippen molar-refractivity contribution in [3.05, 3.63) is 15.9 Å². The molecule has 1 heterocycles. The van der Waals surface area contributed by atoms with E-state index in [-0.39, 0.29) is 5.75 Å². The van der Waals surface area contributed by atoms with E-state index in [1.807, 2.05) is 6.92 Å². The number of halogens is 1. The molecule has 1 aromatic heterocycles. The third kappa shape index (κ3) is 2.77. The van der Waals surface area contributed by atoms with Gasteiger partial charge in [-0.05, 0) is 36.7 Å². The molecule has 1 aromatic rings. The number of aryl methyl sites for hydroxylation is 2. The summed E-state index contributed by atoms with van der Waals surface area (Å²) >= 11 is 3.37. The molecule has 0 saturated carbocycles. The Balaban J connectivity index is 3.00. The van der Waals surface area contributed by atoms with E-state index < -0.39 is 21.5 Å². The highest BCUT2D eigenvalue weighted by molar-refractivity contribution is 9.10. The number of aromatic nitrogens is 2. The topological polar surface area (TPSA) is 72.2 Å². The van der Waals surface area contributed by atoms with Gasteiger partial charge in [-0.3, -0.25) is 13.7 Å². The van der Waals surface area contributed by atoms with Crippen LogP contribution in [0, 0.1) is 6.92 Å². The van der Waals surface area contributed by atoms with Gasteiger partial charge in [-0.1, -0.05) is 0 Å². The molecule has 0 saturated heterocycles. The number of hydrogen-bond donors (Lipinski definition) is 1. The third-order valence-electron chi connectivity index (χ3n) is 2.61. The molecule has 1 rings (SSSR count). The van der Waals surface area contributed by atoms with Crippen molar-refractivity contribution in [3.8, 4) is 0 Å². The van der Waals surface area contributed by atoms with Crippen molar-refractivity contribution in [2.24, 2.45) is 7.05 Å². The largest absolute Gasteiger partial charge is 0.480 e. The van der Waals surface area contributed by atoms with Crippen LogP contribution in [0.3, 0.4) is 0 Å². The first kappa shape index (κ1) is 14.4. The summed E-state index contributed by atoms with van der Waals surface area (Å²) in [4.78, 5) is 11.0. The van der Waals surface area contributed by atoms with Crippen molar-refractivity contribution in [2.75, 3.05) is 0 Å². The second-order valence-electron chi connectivity index (χ2n) is 4.28. The summed E-state index contributed by atoms with van der Waals surface area (Å²) in [5.74, 6) is -0.900. The summed E-state index contributed by atoms with van der Waals surface area (Å²) in [6, 6.07) is 0. The second kappa shape index (κ2) is 4.89. The van der Waals surface area contributed by atoms with Gasteiger partial charge in [0.1, 0.15) is 4.75 Å². The summed E-state index contributed by atoms with van der Waals surface area (Å²) in [5.41, 5.74) is 1.54. The molecule has 0 amide bonds. The monoisotopic (exact) mass is 322 g/mol. The van der Waals surface area contributed by atoms with E-state index in [0.717, 1.165) is 15.9 Å². The van der Waals surface area contributed by atoms with Crippen molar-refractivity contribution >= 4 is 32.7 Å². The number of aliphatic carboxylic acids is 1. The SMILES string of the molecule is Cc1nn(C)c(CS(=O)C(C)(C)C(=O)O)c1Br. The number of carboxylic acid groups (broad SMARTS) is 1. The molecule has 0 aromatic carbocycles. The Kier molecular flexibility index (Phi) is 4.14. The average Bonchev–Trinajstić information content (AvgIpc) is 2.44. The van der Waals surface area contributed by atoms with Crippen LogP contribution in [0.5, 0.6) is 0 Å². The van der Waals surface area contributed by atoms with Gasteiger partial charge in [-0.15, -0.1) is 0 Å². The molecule has 0 bridgehead atoms. The molecule has 0 aliphatic carbocycles. The Labute approximate surface area is 111 Å². The summed E-state index contributed by atoms with van der Waals surface area (Å²) in [7, 11) is 0.239. The molecule has 1 unspecified atom stereocenters. The van der Waals surface area contributed by atoms with Crippen molar-refractivity contribution in [1.29, 1.82) is 0 Å². The number of carboxylic acids is 1. The van der Waals surface area contributed by atoms with Crippen molar-refractivity contribution in [2.45, 2.75) is 31.3 Å². The van der Waals surface area contributed by atoms with Gasteiger partial charge in [-0.2, -0.15) is 5.10 Å². The van der Waals surface area contributed by atoms with Crippen LogP contribution in [-0.2, 0) is 28.4 Å². The maximum Gasteiger partial charge on any atom is 0.321 e. The minimum atomic E-state index is -1.51. The zero-order valence-corrected chi connectivity index (χ0v) is 12.6. The van der Waals surface area contributed by atoms with Gasteiger partial charge in [0.05, 0.1) is 21.6 Å². The highest BCUT2D eigenvalue weighted by atomic mass is 79.9. The molecule has 5 nitrogen and oxygen atoms in total. The summed E-state index contributed by atoms with van der Waals surface area (Å²) < 4.78 is 13.2. The molecule has 1 N–H and O–H groups in total. The van der Waals surface area contributed by atoms with Crippen molar-refractivity contribution in [1.82, 2.24) is 9.78 Å². The lowest BCUT2D eigenvalue weighted by atomic mass is 10.2. The molecule has 0 aliphatic heterocycles. The Morgan fingerprint density at radius 1 is 1.59 bits per heavy atom. The van der Waals surface area contributed by atoms with Gasteiger partial charge in [0.15, 0.2) is 0 Å². The second-order valence-corrected chi connectivity index (χ2v) is 7.07. The molecule has 7 heteroatoms. The Morgan fingerprint density at radius 3 is 2.47 bits per heavy atom. The molecule has 0 spiro atoms.